The van der Waals surface area contributed by atoms with Crippen molar-refractivity contribution in [2.24, 2.45) is 0 Å². The summed E-state index contributed by atoms with van der Waals surface area (Å²) in [6.07, 6.45) is -4.45. The molecule has 0 radical (unpaired) electrons. The first-order valence-electron chi connectivity index (χ1n) is 6.89. The number of rotatable bonds is 2. The van der Waals surface area contributed by atoms with Crippen LogP contribution < -0.4 is 5.32 Å². The number of hydrogen-bond donors (Lipinski definition) is 2. The fourth-order valence-corrected chi connectivity index (χ4v) is 2.60. The molecule has 2 N–H and O–H groups in total. The van der Waals surface area contributed by atoms with E-state index in [0.29, 0.717) is 24.5 Å². The van der Waals surface area contributed by atoms with Gasteiger partial charge in [-0.05, 0) is 24.6 Å². The number of aromatic nitrogens is 2. The van der Waals surface area contributed by atoms with Gasteiger partial charge in [-0.25, -0.2) is 4.98 Å². The average Bonchev–Trinajstić information content (AvgIpc) is 2.81. The number of imidazole rings is 1. The number of aromatic amines is 1. The van der Waals surface area contributed by atoms with Crippen LogP contribution in [0, 0.1) is 6.92 Å². The lowest BCUT2D eigenvalue weighted by Crippen LogP contribution is -2.47. The Morgan fingerprint density at radius 2 is 2.14 bits per heavy atom. The highest BCUT2D eigenvalue weighted by atomic mass is 19.4. The fraction of sp³-hybridized carbons (Fsp3) is 0.429. The van der Waals surface area contributed by atoms with E-state index in [2.05, 4.69) is 15.3 Å². The number of carbonyl (C=O) groups excluding carboxylic acids is 1. The molecule has 8 heteroatoms. The van der Waals surface area contributed by atoms with Crippen molar-refractivity contribution in [2.45, 2.75) is 19.6 Å². The largest absolute Gasteiger partial charge is 0.418 e. The predicted octanol–water partition coefficient (Wildman–Crippen LogP) is 1.82. The zero-order valence-electron chi connectivity index (χ0n) is 11.9. The molecule has 1 aromatic heterocycles. The molecule has 0 aliphatic carbocycles. The Morgan fingerprint density at radius 1 is 1.36 bits per heavy atom. The number of benzene rings is 1. The molecular weight excluding hydrogens is 297 g/mol. The van der Waals surface area contributed by atoms with Crippen LogP contribution in [0.3, 0.4) is 0 Å². The van der Waals surface area contributed by atoms with E-state index in [4.69, 9.17) is 0 Å². The zero-order valence-corrected chi connectivity index (χ0v) is 11.9. The van der Waals surface area contributed by atoms with Crippen LogP contribution in [0.2, 0.25) is 0 Å². The monoisotopic (exact) mass is 312 g/mol. The summed E-state index contributed by atoms with van der Waals surface area (Å²) in [5, 5.41) is 2.94. The molecule has 0 spiro atoms. The Morgan fingerprint density at radius 3 is 2.82 bits per heavy atom. The van der Waals surface area contributed by atoms with Crippen LogP contribution in [-0.4, -0.2) is 40.4 Å². The second-order valence-corrected chi connectivity index (χ2v) is 5.38. The summed E-state index contributed by atoms with van der Waals surface area (Å²) < 4.78 is 39.3. The molecule has 2 heterocycles. The van der Waals surface area contributed by atoms with Gasteiger partial charge in [0.2, 0.25) is 5.91 Å². The maximum absolute atomic E-state index is 13.1. The highest BCUT2D eigenvalue weighted by Crippen LogP contribution is 2.34. The minimum absolute atomic E-state index is 0.0318. The maximum atomic E-state index is 13.1. The first-order valence-corrected chi connectivity index (χ1v) is 6.89. The minimum atomic E-state index is -4.45. The summed E-state index contributed by atoms with van der Waals surface area (Å²) in [4.78, 5) is 20.2. The van der Waals surface area contributed by atoms with Crippen molar-refractivity contribution in [3.8, 4) is 0 Å². The van der Waals surface area contributed by atoms with E-state index in [1.807, 2.05) is 0 Å². The van der Waals surface area contributed by atoms with E-state index in [0.717, 1.165) is 6.07 Å². The summed E-state index contributed by atoms with van der Waals surface area (Å²) in [5.41, 5.74) is 0.00426. The molecule has 1 aromatic carbocycles. The number of fused-ring (bicyclic) bond motifs is 1. The number of hydrogen-bond acceptors (Lipinski definition) is 3. The number of aryl methyl sites for hydroxylation is 1. The van der Waals surface area contributed by atoms with E-state index in [1.165, 1.54) is 0 Å². The molecule has 1 fully saturated rings. The molecule has 0 bridgehead atoms. The number of H-pyrrole nitrogens is 1. The molecule has 1 amide bonds. The van der Waals surface area contributed by atoms with Crippen LogP contribution in [0.4, 0.5) is 13.2 Å². The number of nitrogens with one attached hydrogen (secondary N) is 2. The zero-order chi connectivity index (χ0) is 15.9. The first kappa shape index (κ1) is 14.8. The molecule has 5 nitrogen and oxygen atoms in total. The number of amides is 1. The minimum Gasteiger partial charge on any atom is -0.340 e. The molecule has 2 aromatic rings. The number of carbonyl (C=O) groups is 1. The Hall–Kier alpha value is -2.09. The molecule has 0 saturated carbocycles. The van der Waals surface area contributed by atoms with Crippen LogP contribution in [0.15, 0.2) is 12.1 Å². The molecule has 118 valence electrons. The summed E-state index contributed by atoms with van der Waals surface area (Å²) in [6.45, 7) is 3.21. The van der Waals surface area contributed by atoms with Gasteiger partial charge in [0.1, 0.15) is 5.82 Å². The summed E-state index contributed by atoms with van der Waals surface area (Å²) in [7, 11) is 0. The summed E-state index contributed by atoms with van der Waals surface area (Å²) >= 11 is 0. The molecule has 1 saturated heterocycles. The van der Waals surface area contributed by atoms with Gasteiger partial charge in [0, 0.05) is 13.1 Å². The Labute approximate surface area is 124 Å². The van der Waals surface area contributed by atoms with Gasteiger partial charge in [-0.2, -0.15) is 13.2 Å². The lowest BCUT2D eigenvalue weighted by atomic mass is 10.1. The van der Waals surface area contributed by atoms with Crippen molar-refractivity contribution in [1.82, 2.24) is 20.2 Å². The van der Waals surface area contributed by atoms with Gasteiger partial charge in [0.25, 0.3) is 0 Å². The normalized spacial score (nSPS) is 16.5. The smallest absolute Gasteiger partial charge is 0.340 e. The lowest BCUT2D eigenvalue weighted by Gasteiger charge is -2.26. The van der Waals surface area contributed by atoms with Gasteiger partial charge in [-0.15, -0.1) is 0 Å². The third-order valence-corrected chi connectivity index (χ3v) is 3.62. The molecule has 0 unspecified atom stereocenters. The second kappa shape index (κ2) is 5.28. The van der Waals surface area contributed by atoms with Crippen molar-refractivity contribution in [1.29, 1.82) is 0 Å². The van der Waals surface area contributed by atoms with Crippen molar-refractivity contribution in [3.05, 3.63) is 29.1 Å². The van der Waals surface area contributed by atoms with Crippen molar-refractivity contribution in [3.63, 3.8) is 0 Å². The second-order valence-electron chi connectivity index (χ2n) is 5.38. The molecular formula is C14H15F3N4O. The lowest BCUT2D eigenvalue weighted by molar-refractivity contribution is -0.136. The van der Waals surface area contributed by atoms with Gasteiger partial charge >= 0.3 is 6.18 Å². The van der Waals surface area contributed by atoms with Gasteiger partial charge < -0.3 is 15.2 Å². The first-order chi connectivity index (χ1) is 10.3. The van der Waals surface area contributed by atoms with Gasteiger partial charge in [0.05, 0.1) is 29.7 Å². The quantitative estimate of drug-likeness (QED) is 0.889. The highest BCUT2D eigenvalue weighted by Gasteiger charge is 2.34. The Kier molecular flexibility index (Phi) is 3.56. The van der Waals surface area contributed by atoms with Crippen molar-refractivity contribution < 1.29 is 18.0 Å². The number of halogens is 3. The van der Waals surface area contributed by atoms with Crippen LogP contribution >= 0.6 is 0 Å². The molecule has 1 aliphatic heterocycles. The number of nitrogens with zero attached hydrogens (tertiary/aromatic N) is 2. The number of piperazine rings is 1. The highest BCUT2D eigenvalue weighted by molar-refractivity contribution is 5.81. The van der Waals surface area contributed by atoms with E-state index >= 15 is 0 Å². The molecule has 1 aliphatic rings. The van der Waals surface area contributed by atoms with Gasteiger partial charge in [-0.1, -0.05) is 0 Å². The third-order valence-electron chi connectivity index (χ3n) is 3.62. The van der Waals surface area contributed by atoms with Crippen LogP contribution in [0.5, 0.6) is 0 Å². The van der Waals surface area contributed by atoms with Crippen molar-refractivity contribution in [2.75, 3.05) is 19.6 Å². The van der Waals surface area contributed by atoms with Crippen LogP contribution in [0.25, 0.3) is 11.0 Å². The maximum Gasteiger partial charge on any atom is 0.418 e. The Bertz CT molecular complexity index is 723. The van der Waals surface area contributed by atoms with Crippen LogP contribution in [0.1, 0.15) is 17.0 Å². The van der Waals surface area contributed by atoms with Gasteiger partial charge in [0.15, 0.2) is 0 Å². The van der Waals surface area contributed by atoms with E-state index in [-0.39, 0.29) is 30.0 Å². The standard InChI is InChI=1S/C14H15F3N4O/c1-8-4-9(14(15,16)17)13-10(5-8)19-11(20-13)7-21-3-2-18-6-12(21)22/h4-5,18H,2-3,6-7H2,1H3,(H,19,20). The summed E-state index contributed by atoms with van der Waals surface area (Å²) in [6, 6.07) is 2.70. The fourth-order valence-electron chi connectivity index (χ4n) is 2.60. The van der Waals surface area contributed by atoms with E-state index < -0.39 is 11.7 Å². The van der Waals surface area contributed by atoms with Crippen molar-refractivity contribution >= 4 is 16.9 Å². The topological polar surface area (TPSA) is 61.0 Å². The average molecular weight is 312 g/mol. The number of alkyl halides is 3. The van der Waals surface area contributed by atoms with E-state index in [9.17, 15) is 18.0 Å². The predicted molar refractivity (Wildman–Crippen MR) is 74.1 cm³/mol. The summed E-state index contributed by atoms with van der Waals surface area (Å²) in [5.74, 6) is 0.278. The molecule has 0 atom stereocenters. The molecule has 22 heavy (non-hydrogen) atoms. The van der Waals surface area contributed by atoms with Gasteiger partial charge in [-0.3, -0.25) is 4.79 Å². The van der Waals surface area contributed by atoms with E-state index in [1.54, 1.807) is 17.9 Å². The molecule has 3 rings (SSSR count). The third kappa shape index (κ3) is 2.78. The Balaban J connectivity index is 1.97. The van der Waals surface area contributed by atoms with Crippen LogP contribution in [-0.2, 0) is 17.5 Å². The SMILES string of the molecule is Cc1cc(C(F)(F)F)c2[nH]c(CN3CCNCC3=O)nc2c1.